The van der Waals surface area contributed by atoms with Crippen molar-refractivity contribution in [1.82, 2.24) is 24.9 Å². The molecule has 0 unspecified atom stereocenters. The summed E-state index contributed by atoms with van der Waals surface area (Å²) < 4.78 is 33.2. The average Bonchev–Trinajstić information content (AvgIpc) is 3.34. The van der Waals surface area contributed by atoms with Gasteiger partial charge in [0.2, 0.25) is 0 Å². The zero-order chi connectivity index (χ0) is 25.5. The Morgan fingerprint density at radius 1 is 1.22 bits per heavy atom. The average molecular weight is 503 g/mol. The van der Waals surface area contributed by atoms with E-state index in [1.807, 2.05) is 31.5 Å². The van der Waals surface area contributed by atoms with Crippen molar-refractivity contribution in [2.24, 2.45) is 5.73 Å². The number of halogens is 2. The number of nitrogens with two attached hydrogens (primary N) is 1. The number of carbonyl (C=O) groups is 1. The van der Waals surface area contributed by atoms with Crippen molar-refractivity contribution in [3.63, 3.8) is 0 Å². The number of nitrogens with zero attached hydrogens (tertiary/aromatic N) is 4. The fraction of sp³-hybridized carbons (Fsp3) is 0.333. The van der Waals surface area contributed by atoms with Crippen molar-refractivity contribution in [1.29, 1.82) is 0 Å². The first kappa shape index (κ1) is 22.3. The molecule has 2 atom stereocenters. The van der Waals surface area contributed by atoms with E-state index in [1.54, 1.807) is 16.6 Å². The number of aryl methyl sites for hydroxylation is 1. The van der Waals surface area contributed by atoms with Crippen LogP contribution in [0.3, 0.4) is 0 Å². The van der Waals surface area contributed by atoms with Crippen LogP contribution >= 0.6 is 0 Å². The van der Waals surface area contributed by atoms with E-state index < -0.39 is 12.2 Å². The van der Waals surface area contributed by atoms with Crippen molar-refractivity contribution in [2.75, 3.05) is 0 Å². The van der Waals surface area contributed by atoms with Gasteiger partial charge in [-0.2, -0.15) is 13.9 Å². The maximum atomic E-state index is 13.3. The standard InChI is InChI=1S/C27H24F2N6O2/c1-13-17(12-31-25(32-13)27(30)7-3-8-27)14-6-9-35-19(10-14)22-16-11-18(23(22)34-35)33-24(36)15-4-2-5-20(21(15)16)37-26(28)29/h2,4-6,9-10,12,16,18,26H,3,7-8,11,30H2,1H3,(H,33,36)/t16-,18-/m1/s1. The van der Waals surface area contributed by atoms with Gasteiger partial charge < -0.3 is 15.8 Å². The van der Waals surface area contributed by atoms with Gasteiger partial charge >= 0.3 is 6.61 Å². The lowest BCUT2D eigenvalue weighted by Crippen LogP contribution is -2.45. The SMILES string of the molecule is Cc1nc(C2(N)CCC2)ncc1-c1ccn2nc3c(c2c1)[C@@H]1C[C@H]3NC(=O)c2cccc(OC(F)F)c21. The van der Waals surface area contributed by atoms with Crippen LogP contribution in [0.15, 0.2) is 42.7 Å². The van der Waals surface area contributed by atoms with Crippen LogP contribution in [0.2, 0.25) is 0 Å². The molecular weight excluding hydrogens is 478 g/mol. The maximum absolute atomic E-state index is 13.3. The number of ether oxygens (including phenoxy) is 1. The van der Waals surface area contributed by atoms with Gasteiger partial charge in [0.1, 0.15) is 11.6 Å². The van der Waals surface area contributed by atoms with Gasteiger partial charge in [0, 0.05) is 46.3 Å². The molecule has 3 aliphatic rings. The van der Waals surface area contributed by atoms with Crippen molar-refractivity contribution in [2.45, 2.75) is 56.7 Å². The van der Waals surface area contributed by atoms with Crippen molar-refractivity contribution in [3.05, 3.63) is 76.6 Å². The highest BCUT2D eigenvalue weighted by molar-refractivity contribution is 5.98. The predicted octanol–water partition coefficient (Wildman–Crippen LogP) is 4.36. The summed E-state index contributed by atoms with van der Waals surface area (Å²) in [4.78, 5) is 22.3. The molecule has 1 fully saturated rings. The molecule has 1 saturated carbocycles. The number of hydrogen-bond donors (Lipinski definition) is 2. The molecular formula is C27H24F2N6O2. The summed E-state index contributed by atoms with van der Waals surface area (Å²) in [6.45, 7) is -1.05. The molecule has 8 nitrogen and oxygen atoms in total. The second kappa shape index (κ2) is 7.79. The lowest BCUT2D eigenvalue weighted by Gasteiger charge is -2.36. The minimum absolute atomic E-state index is 0.0168. The Labute approximate surface area is 210 Å². The number of rotatable bonds is 4. The number of aromatic nitrogens is 4. The van der Waals surface area contributed by atoms with E-state index in [9.17, 15) is 13.6 Å². The summed E-state index contributed by atoms with van der Waals surface area (Å²) in [7, 11) is 0. The van der Waals surface area contributed by atoms with Crippen LogP contribution in [-0.2, 0) is 5.54 Å². The highest BCUT2D eigenvalue weighted by Gasteiger charge is 2.43. The van der Waals surface area contributed by atoms with Gasteiger partial charge in [0.25, 0.3) is 5.91 Å². The molecule has 3 aromatic heterocycles. The minimum atomic E-state index is -3.00. The van der Waals surface area contributed by atoms with Crippen molar-refractivity contribution >= 4 is 11.4 Å². The molecule has 0 spiro atoms. The summed E-state index contributed by atoms with van der Waals surface area (Å²) in [6, 6.07) is 8.34. The molecule has 1 aliphatic heterocycles. The van der Waals surface area contributed by atoms with Crippen LogP contribution in [0, 0.1) is 6.92 Å². The quantitative estimate of drug-likeness (QED) is 0.430. The lowest BCUT2D eigenvalue weighted by molar-refractivity contribution is -0.0505. The topological polar surface area (TPSA) is 107 Å². The van der Waals surface area contributed by atoms with Crippen molar-refractivity contribution < 1.29 is 18.3 Å². The number of nitrogens with one attached hydrogen (secondary N) is 1. The number of hydrogen-bond acceptors (Lipinski definition) is 6. The first-order valence-electron chi connectivity index (χ1n) is 12.4. The number of fused-ring (bicyclic) bond motifs is 9. The molecule has 4 heterocycles. The van der Waals surface area contributed by atoms with Crippen LogP contribution in [0.5, 0.6) is 5.75 Å². The first-order valence-corrected chi connectivity index (χ1v) is 12.4. The molecule has 2 aliphatic carbocycles. The van der Waals surface area contributed by atoms with Gasteiger partial charge in [-0.1, -0.05) is 6.07 Å². The fourth-order valence-corrected chi connectivity index (χ4v) is 6.03. The molecule has 1 aromatic carbocycles. The van der Waals surface area contributed by atoms with Crippen LogP contribution in [-0.4, -0.2) is 32.1 Å². The predicted molar refractivity (Wildman–Crippen MR) is 130 cm³/mol. The third-order valence-electron chi connectivity index (χ3n) is 8.01. The van der Waals surface area contributed by atoms with Gasteiger partial charge in [0.15, 0.2) is 0 Å². The Kier molecular flexibility index (Phi) is 4.69. The van der Waals surface area contributed by atoms with Gasteiger partial charge in [-0.15, -0.1) is 0 Å². The third-order valence-corrected chi connectivity index (χ3v) is 8.01. The smallest absolute Gasteiger partial charge is 0.387 e. The molecule has 3 N–H and O–H groups in total. The largest absolute Gasteiger partial charge is 0.434 e. The highest BCUT2D eigenvalue weighted by Crippen LogP contribution is 2.51. The molecule has 37 heavy (non-hydrogen) atoms. The van der Waals surface area contributed by atoms with Gasteiger partial charge in [-0.3, -0.25) is 4.79 Å². The van der Waals surface area contributed by atoms with Crippen LogP contribution in [0.1, 0.15) is 76.3 Å². The maximum Gasteiger partial charge on any atom is 0.387 e. The van der Waals surface area contributed by atoms with Crippen LogP contribution < -0.4 is 15.8 Å². The van der Waals surface area contributed by atoms with Crippen LogP contribution in [0.25, 0.3) is 16.6 Å². The number of amides is 1. The molecule has 0 saturated heterocycles. The molecule has 7 rings (SSSR count). The number of carbonyl (C=O) groups excluding carboxylic acids is 1. The summed E-state index contributed by atoms with van der Waals surface area (Å²) in [5.41, 5.74) is 11.9. The highest BCUT2D eigenvalue weighted by atomic mass is 19.3. The zero-order valence-corrected chi connectivity index (χ0v) is 20.0. The zero-order valence-electron chi connectivity index (χ0n) is 20.0. The van der Waals surface area contributed by atoms with E-state index in [-0.39, 0.29) is 23.6 Å². The van der Waals surface area contributed by atoms with E-state index in [0.717, 1.165) is 52.9 Å². The molecule has 10 heteroatoms. The lowest BCUT2D eigenvalue weighted by atomic mass is 9.77. The second-order valence-electron chi connectivity index (χ2n) is 10.2. The fourth-order valence-electron chi connectivity index (χ4n) is 6.03. The number of alkyl halides is 2. The summed E-state index contributed by atoms with van der Waals surface area (Å²) in [6.07, 6.45) is 7.06. The molecule has 2 bridgehead atoms. The molecule has 1 amide bonds. The first-order chi connectivity index (χ1) is 17.8. The summed E-state index contributed by atoms with van der Waals surface area (Å²) in [5.74, 6) is 0.0492. The monoisotopic (exact) mass is 502 g/mol. The van der Waals surface area contributed by atoms with Gasteiger partial charge in [-0.05, 0) is 62.4 Å². The van der Waals surface area contributed by atoms with Gasteiger partial charge in [-0.25, -0.2) is 14.5 Å². The molecule has 0 radical (unpaired) electrons. The Bertz CT molecular complexity index is 1600. The Hall–Kier alpha value is -3.92. The normalized spacial score (nSPS) is 21.3. The minimum Gasteiger partial charge on any atom is -0.434 e. The number of benzene rings is 1. The summed E-state index contributed by atoms with van der Waals surface area (Å²) in [5, 5.41) is 7.78. The van der Waals surface area contributed by atoms with E-state index >= 15 is 0 Å². The molecule has 188 valence electrons. The second-order valence-corrected chi connectivity index (χ2v) is 10.2. The number of pyridine rings is 1. The van der Waals surface area contributed by atoms with Crippen molar-refractivity contribution in [3.8, 4) is 16.9 Å². The third kappa shape index (κ3) is 3.28. The Balaban J connectivity index is 1.37. The molecule has 4 aromatic rings. The van der Waals surface area contributed by atoms with E-state index in [2.05, 4.69) is 10.3 Å². The Morgan fingerprint density at radius 2 is 2.05 bits per heavy atom. The van der Waals surface area contributed by atoms with E-state index in [0.29, 0.717) is 23.4 Å². The Morgan fingerprint density at radius 3 is 2.78 bits per heavy atom. The van der Waals surface area contributed by atoms with Crippen LogP contribution in [0.4, 0.5) is 8.78 Å². The van der Waals surface area contributed by atoms with E-state index in [4.69, 9.17) is 20.6 Å². The summed E-state index contributed by atoms with van der Waals surface area (Å²) >= 11 is 0. The van der Waals surface area contributed by atoms with Gasteiger partial charge in [0.05, 0.1) is 22.8 Å². The van der Waals surface area contributed by atoms with E-state index in [1.165, 1.54) is 6.07 Å².